The topological polar surface area (TPSA) is 25.4 Å². The van der Waals surface area contributed by atoms with Gasteiger partial charge in [-0.15, -0.1) is 11.6 Å². The monoisotopic (exact) mass is 308 g/mol. The van der Waals surface area contributed by atoms with Gasteiger partial charge in [-0.25, -0.2) is 4.98 Å². The first kappa shape index (κ1) is 15.1. The summed E-state index contributed by atoms with van der Waals surface area (Å²) >= 11 is 6.10. The van der Waals surface area contributed by atoms with Gasteiger partial charge in [-0.05, 0) is 37.0 Å². The van der Waals surface area contributed by atoms with Crippen LogP contribution < -0.4 is 4.90 Å². The molecule has 3 nitrogen and oxygen atoms in total. The van der Waals surface area contributed by atoms with Crippen molar-refractivity contribution in [3.8, 4) is 0 Å². The summed E-state index contributed by atoms with van der Waals surface area (Å²) in [5, 5.41) is 0. The van der Waals surface area contributed by atoms with Gasteiger partial charge in [-0.1, -0.05) is 20.8 Å². The summed E-state index contributed by atoms with van der Waals surface area (Å²) in [5.74, 6) is 1.62. The maximum Gasteiger partial charge on any atom is 0.129 e. The van der Waals surface area contributed by atoms with Crippen LogP contribution in [0.4, 0.5) is 5.82 Å². The van der Waals surface area contributed by atoms with Gasteiger partial charge >= 0.3 is 0 Å². The van der Waals surface area contributed by atoms with Gasteiger partial charge < -0.3 is 9.64 Å². The van der Waals surface area contributed by atoms with E-state index in [2.05, 4.69) is 37.8 Å². The van der Waals surface area contributed by atoms with Crippen LogP contribution in [-0.4, -0.2) is 30.3 Å². The molecule has 21 heavy (non-hydrogen) atoms. The second kappa shape index (κ2) is 5.77. The number of alkyl halides is 1. The van der Waals surface area contributed by atoms with E-state index in [-0.39, 0.29) is 5.41 Å². The van der Waals surface area contributed by atoms with E-state index in [0.717, 1.165) is 30.2 Å². The molecule has 0 amide bonds. The van der Waals surface area contributed by atoms with E-state index in [9.17, 15) is 0 Å². The number of aromatic nitrogens is 1. The molecule has 0 spiro atoms. The molecular weight excluding hydrogens is 284 g/mol. The second-order valence-corrected chi connectivity index (χ2v) is 7.47. The van der Waals surface area contributed by atoms with E-state index in [1.807, 2.05) is 0 Å². The van der Waals surface area contributed by atoms with Crippen molar-refractivity contribution in [2.24, 2.45) is 0 Å². The number of anilines is 1. The van der Waals surface area contributed by atoms with Crippen molar-refractivity contribution >= 4 is 17.4 Å². The molecule has 116 valence electrons. The summed E-state index contributed by atoms with van der Waals surface area (Å²) in [7, 11) is 0. The Balaban J connectivity index is 1.97. The fourth-order valence-corrected chi connectivity index (χ4v) is 3.54. The van der Waals surface area contributed by atoms with Gasteiger partial charge in [0, 0.05) is 23.5 Å². The minimum Gasteiger partial charge on any atom is -0.374 e. The van der Waals surface area contributed by atoms with Gasteiger partial charge in [0.25, 0.3) is 0 Å². The number of hydrogen-bond acceptors (Lipinski definition) is 3. The van der Waals surface area contributed by atoms with E-state index in [0.29, 0.717) is 18.0 Å². The fourth-order valence-electron chi connectivity index (χ4n) is 3.39. The lowest BCUT2D eigenvalue weighted by molar-refractivity contribution is 0.0253. The van der Waals surface area contributed by atoms with Gasteiger partial charge in [0.2, 0.25) is 0 Å². The van der Waals surface area contributed by atoms with E-state index in [4.69, 9.17) is 21.3 Å². The fraction of sp³-hybridized carbons (Fsp3) is 0.706. The maximum absolute atomic E-state index is 6.10. The molecule has 2 atom stereocenters. The molecule has 2 aliphatic rings. The number of pyridine rings is 1. The van der Waals surface area contributed by atoms with Gasteiger partial charge in [0.15, 0.2) is 0 Å². The molecule has 1 aromatic heterocycles. The first-order valence-electron chi connectivity index (χ1n) is 7.94. The average molecular weight is 309 g/mol. The molecule has 1 saturated heterocycles. The van der Waals surface area contributed by atoms with Crippen LogP contribution in [0.1, 0.15) is 51.3 Å². The summed E-state index contributed by atoms with van der Waals surface area (Å²) in [6.07, 6.45) is 4.04. The highest BCUT2D eigenvalue weighted by Crippen LogP contribution is 2.34. The molecule has 2 fully saturated rings. The van der Waals surface area contributed by atoms with E-state index in [1.165, 1.54) is 19.3 Å². The Kier molecular flexibility index (Phi) is 4.15. The molecule has 2 heterocycles. The van der Waals surface area contributed by atoms with Crippen molar-refractivity contribution in [1.82, 2.24) is 4.98 Å². The van der Waals surface area contributed by atoms with Gasteiger partial charge in [0.1, 0.15) is 5.82 Å². The molecule has 1 saturated carbocycles. The zero-order valence-electron chi connectivity index (χ0n) is 13.2. The molecule has 1 aliphatic heterocycles. The van der Waals surface area contributed by atoms with Crippen LogP contribution in [0.2, 0.25) is 0 Å². The molecule has 1 aliphatic carbocycles. The Morgan fingerprint density at radius 3 is 2.86 bits per heavy atom. The molecule has 0 radical (unpaired) electrons. The van der Waals surface area contributed by atoms with Crippen molar-refractivity contribution in [2.45, 2.75) is 63.5 Å². The predicted octanol–water partition coefficient (Wildman–Crippen LogP) is 3.88. The number of fused-ring (bicyclic) bond motifs is 1. The SMILES string of the molecule is CC(C)(C)c1cc(CCl)cc(N2CCOC3CCCC32)n1. The van der Waals surface area contributed by atoms with Crippen LogP contribution in [0.15, 0.2) is 12.1 Å². The highest BCUT2D eigenvalue weighted by molar-refractivity contribution is 6.17. The van der Waals surface area contributed by atoms with Gasteiger partial charge in [0.05, 0.1) is 18.8 Å². The van der Waals surface area contributed by atoms with Crippen molar-refractivity contribution < 1.29 is 4.74 Å². The Morgan fingerprint density at radius 1 is 1.33 bits per heavy atom. The summed E-state index contributed by atoms with van der Waals surface area (Å²) in [6, 6.07) is 4.79. The highest BCUT2D eigenvalue weighted by atomic mass is 35.5. The van der Waals surface area contributed by atoms with E-state index >= 15 is 0 Å². The molecule has 0 N–H and O–H groups in total. The third-order valence-corrected chi connectivity index (χ3v) is 4.88. The highest BCUT2D eigenvalue weighted by Gasteiger charge is 2.37. The summed E-state index contributed by atoms with van der Waals surface area (Å²) in [5.41, 5.74) is 2.32. The number of ether oxygens (including phenoxy) is 1. The maximum atomic E-state index is 6.10. The van der Waals surface area contributed by atoms with Crippen molar-refractivity contribution in [2.75, 3.05) is 18.1 Å². The predicted molar refractivity (Wildman–Crippen MR) is 87.2 cm³/mol. The average Bonchev–Trinajstić information content (AvgIpc) is 2.94. The lowest BCUT2D eigenvalue weighted by Crippen LogP contribution is -2.49. The van der Waals surface area contributed by atoms with Crippen LogP contribution >= 0.6 is 11.6 Å². The Labute approximate surface area is 132 Å². The molecule has 0 aromatic carbocycles. The lowest BCUT2D eigenvalue weighted by atomic mass is 9.91. The molecule has 2 unspecified atom stereocenters. The number of nitrogens with zero attached hydrogens (tertiary/aromatic N) is 2. The number of morpholine rings is 1. The van der Waals surface area contributed by atoms with Crippen LogP contribution in [0, 0.1) is 0 Å². The van der Waals surface area contributed by atoms with Crippen molar-refractivity contribution in [3.63, 3.8) is 0 Å². The molecule has 0 bridgehead atoms. The third-order valence-electron chi connectivity index (χ3n) is 4.57. The Hall–Kier alpha value is -0.800. The zero-order chi connectivity index (χ0) is 15.0. The van der Waals surface area contributed by atoms with E-state index < -0.39 is 0 Å². The first-order chi connectivity index (χ1) is 9.99. The van der Waals surface area contributed by atoms with Gasteiger partial charge in [-0.2, -0.15) is 0 Å². The smallest absolute Gasteiger partial charge is 0.129 e. The minimum atomic E-state index is 0.0399. The van der Waals surface area contributed by atoms with Crippen molar-refractivity contribution in [1.29, 1.82) is 0 Å². The second-order valence-electron chi connectivity index (χ2n) is 7.20. The standard InChI is InChI=1S/C17H25ClN2O/c1-17(2,3)15-9-12(11-18)10-16(19-15)20-7-8-21-14-6-4-5-13(14)20/h9-10,13-14H,4-8,11H2,1-3H3. The molecule has 1 aromatic rings. The normalized spacial score (nSPS) is 26.0. The summed E-state index contributed by atoms with van der Waals surface area (Å²) in [6.45, 7) is 8.35. The quantitative estimate of drug-likeness (QED) is 0.775. The van der Waals surface area contributed by atoms with Crippen molar-refractivity contribution in [3.05, 3.63) is 23.4 Å². The Bertz CT molecular complexity index is 512. The third kappa shape index (κ3) is 3.04. The summed E-state index contributed by atoms with van der Waals surface area (Å²) in [4.78, 5) is 7.40. The van der Waals surface area contributed by atoms with Gasteiger partial charge in [-0.3, -0.25) is 0 Å². The van der Waals surface area contributed by atoms with Crippen LogP contribution in [-0.2, 0) is 16.0 Å². The number of rotatable bonds is 2. The minimum absolute atomic E-state index is 0.0399. The molecule has 4 heteroatoms. The number of halogens is 1. The van der Waals surface area contributed by atoms with Crippen LogP contribution in [0.25, 0.3) is 0 Å². The molecular formula is C17H25ClN2O. The van der Waals surface area contributed by atoms with Crippen LogP contribution in [0.3, 0.4) is 0 Å². The number of hydrogen-bond donors (Lipinski definition) is 0. The Morgan fingerprint density at radius 2 is 2.14 bits per heavy atom. The largest absolute Gasteiger partial charge is 0.374 e. The summed E-state index contributed by atoms with van der Waals surface area (Å²) < 4.78 is 5.91. The first-order valence-corrected chi connectivity index (χ1v) is 8.48. The van der Waals surface area contributed by atoms with E-state index in [1.54, 1.807) is 0 Å². The molecule has 3 rings (SSSR count). The lowest BCUT2D eigenvalue weighted by Gasteiger charge is -2.39. The van der Waals surface area contributed by atoms with Crippen LogP contribution in [0.5, 0.6) is 0 Å². The zero-order valence-corrected chi connectivity index (χ0v) is 14.0.